The van der Waals surface area contributed by atoms with Gasteiger partial charge in [-0.2, -0.15) is 0 Å². The van der Waals surface area contributed by atoms with Crippen LogP contribution in [0, 0.1) is 5.92 Å². The van der Waals surface area contributed by atoms with Crippen molar-refractivity contribution in [1.29, 1.82) is 0 Å². The van der Waals surface area contributed by atoms with E-state index in [4.69, 9.17) is 0 Å². The van der Waals surface area contributed by atoms with Gasteiger partial charge >= 0.3 is 0 Å². The quantitative estimate of drug-likeness (QED) is 0.722. The highest BCUT2D eigenvalue weighted by molar-refractivity contribution is 7.94. The molecule has 1 atom stereocenters. The third-order valence-corrected chi connectivity index (χ3v) is 8.21. The third-order valence-electron chi connectivity index (χ3n) is 4.87. The van der Waals surface area contributed by atoms with Gasteiger partial charge in [0.05, 0.1) is 22.3 Å². The number of carbonyl (C=O) groups is 1. The summed E-state index contributed by atoms with van der Waals surface area (Å²) in [4.78, 5) is 12.1. The van der Waals surface area contributed by atoms with Crippen LogP contribution in [0.1, 0.15) is 39.0 Å². The zero-order valence-corrected chi connectivity index (χ0v) is 16.9. The molecule has 1 N–H and O–H groups in total. The molecule has 0 radical (unpaired) electrons. The second kappa shape index (κ2) is 7.73. The molecule has 1 aromatic carbocycles. The Labute approximate surface area is 160 Å². The zero-order valence-electron chi connectivity index (χ0n) is 15.2. The number of anilines is 1. The van der Waals surface area contributed by atoms with E-state index in [2.05, 4.69) is 10.8 Å². The number of nitrogens with zero attached hydrogens (tertiary/aromatic N) is 1. The average Bonchev–Trinajstić information content (AvgIpc) is 2.83. The summed E-state index contributed by atoms with van der Waals surface area (Å²) >= 11 is 0. The van der Waals surface area contributed by atoms with Crippen molar-refractivity contribution in [1.82, 2.24) is 4.72 Å². The number of sulfonamides is 2. The van der Waals surface area contributed by atoms with E-state index < -0.39 is 31.9 Å². The molecule has 1 unspecified atom stereocenters. The largest absolute Gasteiger partial charge is 0.273 e. The summed E-state index contributed by atoms with van der Waals surface area (Å²) in [5.41, 5.74) is 1.45. The second-order valence-electron chi connectivity index (χ2n) is 7.03. The number of benzene rings is 1. The SMILES string of the molecule is CC1CS(=O)(=O)N(c2ccc(S(=O)(=O)NCCC3=CCCCC3)cc2)C1=O. The average molecular weight is 413 g/mol. The molecule has 1 aliphatic heterocycles. The highest BCUT2D eigenvalue weighted by atomic mass is 32.2. The molecule has 9 heteroatoms. The fourth-order valence-electron chi connectivity index (χ4n) is 3.41. The third kappa shape index (κ3) is 4.41. The summed E-state index contributed by atoms with van der Waals surface area (Å²) in [6.07, 6.45) is 7.29. The lowest BCUT2D eigenvalue weighted by Gasteiger charge is -2.16. The molecule has 1 saturated heterocycles. The Bertz CT molecular complexity index is 950. The Morgan fingerprint density at radius 2 is 1.89 bits per heavy atom. The van der Waals surface area contributed by atoms with E-state index in [1.807, 2.05) is 0 Å². The molecule has 1 fully saturated rings. The number of nitrogens with one attached hydrogen (secondary N) is 1. The van der Waals surface area contributed by atoms with Gasteiger partial charge in [-0.1, -0.05) is 18.6 Å². The number of carbonyl (C=O) groups excluding carboxylic acids is 1. The van der Waals surface area contributed by atoms with Gasteiger partial charge < -0.3 is 0 Å². The van der Waals surface area contributed by atoms with E-state index >= 15 is 0 Å². The first-order valence-electron chi connectivity index (χ1n) is 9.05. The summed E-state index contributed by atoms with van der Waals surface area (Å²) in [6.45, 7) is 1.89. The van der Waals surface area contributed by atoms with E-state index in [0.717, 1.165) is 23.6 Å². The van der Waals surface area contributed by atoms with E-state index in [1.165, 1.54) is 36.3 Å². The minimum Gasteiger partial charge on any atom is -0.273 e. The molecule has 1 amide bonds. The lowest BCUT2D eigenvalue weighted by atomic mass is 9.97. The van der Waals surface area contributed by atoms with Crippen molar-refractivity contribution in [2.75, 3.05) is 16.6 Å². The van der Waals surface area contributed by atoms with E-state index in [-0.39, 0.29) is 16.3 Å². The Hall–Kier alpha value is -1.71. The molecule has 1 aromatic rings. The Balaban J connectivity index is 1.69. The van der Waals surface area contributed by atoms with Crippen molar-refractivity contribution in [2.45, 2.75) is 43.9 Å². The standard InChI is InChI=1S/C18H24N2O5S2/c1-14-13-26(22,23)20(18(14)21)16-7-9-17(10-8-16)27(24,25)19-12-11-15-5-3-2-4-6-15/h5,7-10,14,19H,2-4,6,11-13H2,1H3. The molecule has 2 aliphatic rings. The fraction of sp³-hybridized carbons (Fsp3) is 0.500. The van der Waals surface area contributed by atoms with Crippen LogP contribution in [0.15, 0.2) is 40.8 Å². The summed E-state index contributed by atoms with van der Waals surface area (Å²) in [5, 5.41) is 0. The predicted molar refractivity (Wildman–Crippen MR) is 103 cm³/mol. The minimum atomic E-state index is -3.70. The summed E-state index contributed by atoms with van der Waals surface area (Å²) < 4.78 is 52.4. The Kier molecular flexibility index (Phi) is 5.73. The van der Waals surface area contributed by atoms with Crippen LogP contribution in [-0.2, 0) is 24.8 Å². The van der Waals surface area contributed by atoms with Gasteiger partial charge in [0.15, 0.2) is 0 Å². The molecule has 0 saturated carbocycles. The predicted octanol–water partition coefficient (Wildman–Crippen LogP) is 2.17. The smallest absolute Gasteiger partial charge is 0.244 e. The van der Waals surface area contributed by atoms with Crippen LogP contribution in [0.4, 0.5) is 5.69 Å². The molecule has 1 aliphatic carbocycles. The highest BCUT2D eigenvalue weighted by Crippen LogP contribution is 2.29. The van der Waals surface area contributed by atoms with Gasteiger partial charge in [0.2, 0.25) is 26.0 Å². The fourth-order valence-corrected chi connectivity index (χ4v) is 6.26. The van der Waals surface area contributed by atoms with Crippen molar-refractivity contribution < 1.29 is 21.6 Å². The molecule has 3 rings (SSSR count). The Morgan fingerprint density at radius 1 is 1.19 bits per heavy atom. The van der Waals surface area contributed by atoms with Crippen LogP contribution >= 0.6 is 0 Å². The minimum absolute atomic E-state index is 0.0426. The van der Waals surface area contributed by atoms with E-state index in [1.54, 1.807) is 6.92 Å². The van der Waals surface area contributed by atoms with Gasteiger partial charge in [0, 0.05) is 6.54 Å². The van der Waals surface area contributed by atoms with Crippen LogP contribution in [-0.4, -0.2) is 35.0 Å². The Morgan fingerprint density at radius 3 is 2.44 bits per heavy atom. The van der Waals surface area contributed by atoms with Crippen molar-refractivity contribution in [3.05, 3.63) is 35.9 Å². The molecule has 27 heavy (non-hydrogen) atoms. The van der Waals surface area contributed by atoms with Crippen LogP contribution in [0.2, 0.25) is 0 Å². The van der Waals surface area contributed by atoms with Crippen LogP contribution in [0.3, 0.4) is 0 Å². The molecule has 0 aromatic heterocycles. The lowest BCUT2D eigenvalue weighted by Crippen LogP contribution is -2.30. The van der Waals surface area contributed by atoms with Crippen molar-refractivity contribution in [2.24, 2.45) is 5.92 Å². The normalized spacial score (nSPS) is 22.7. The van der Waals surface area contributed by atoms with Gasteiger partial charge in [-0.05, 0) is 56.4 Å². The maximum absolute atomic E-state index is 12.4. The molecule has 7 nitrogen and oxygen atoms in total. The molecular weight excluding hydrogens is 388 g/mol. The highest BCUT2D eigenvalue weighted by Gasteiger charge is 2.41. The number of allylic oxidation sites excluding steroid dienone is 1. The molecule has 0 bridgehead atoms. The molecule has 1 heterocycles. The van der Waals surface area contributed by atoms with Crippen LogP contribution in [0.25, 0.3) is 0 Å². The van der Waals surface area contributed by atoms with Crippen molar-refractivity contribution >= 4 is 31.6 Å². The summed E-state index contributed by atoms with van der Waals surface area (Å²) in [7, 11) is -7.39. The van der Waals surface area contributed by atoms with Gasteiger partial charge in [0.25, 0.3) is 0 Å². The van der Waals surface area contributed by atoms with Crippen LogP contribution < -0.4 is 9.03 Å². The number of hydrogen-bond donors (Lipinski definition) is 1. The second-order valence-corrected chi connectivity index (χ2v) is 10.7. The molecule has 148 valence electrons. The molecular formula is C18H24N2O5S2. The topological polar surface area (TPSA) is 101 Å². The van der Waals surface area contributed by atoms with E-state index in [0.29, 0.717) is 13.0 Å². The van der Waals surface area contributed by atoms with Gasteiger partial charge in [-0.3, -0.25) is 4.79 Å². The molecule has 0 spiro atoms. The maximum Gasteiger partial charge on any atom is 0.244 e. The monoisotopic (exact) mass is 412 g/mol. The number of hydrogen-bond acceptors (Lipinski definition) is 5. The summed E-state index contributed by atoms with van der Waals surface area (Å²) in [5.74, 6) is -1.33. The van der Waals surface area contributed by atoms with Crippen molar-refractivity contribution in [3.63, 3.8) is 0 Å². The summed E-state index contributed by atoms with van der Waals surface area (Å²) in [6, 6.07) is 5.35. The van der Waals surface area contributed by atoms with E-state index in [9.17, 15) is 21.6 Å². The van der Waals surface area contributed by atoms with Crippen molar-refractivity contribution in [3.8, 4) is 0 Å². The van der Waals surface area contributed by atoms with Crippen LogP contribution in [0.5, 0.6) is 0 Å². The van der Waals surface area contributed by atoms with Gasteiger partial charge in [0.1, 0.15) is 0 Å². The first-order valence-corrected chi connectivity index (χ1v) is 12.1. The number of amides is 1. The number of rotatable bonds is 6. The maximum atomic E-state index is 12.4. The first-order chi connectivity index (χ1) is 12.7. The first kappa shape index (κ1) is 20.0. The van der Waals surface area contributed by atoms with Gasteiger partial charge in [-0.25, -0.2) is 25.9 Å². The zero-order chi connectivity index (χ0) is 19.7. The van der Waals surface area contributed by atoms with Gasteiger partial charge in [-0.15, -0.1) is 0 Å². The lowest BCUT2D eigenvalue weighted by molar-refractivity contribution is -0.119.